The molecule has 1 aromatic carbocycles. The molecule has 20 heavy (non-hydrogen) atoms. The molecule has 0 radical (unpaired) electrons. The van der Waals surface area contributed by atoms with E-state index in [9.17, 15) is 8.42 Å². The average molecular weight is 299 g/mol. The summed E-state index contributed by atoms with van der Waals surface area (Å²) in [7, 11) is 0.720. The number of nitrogens with zero attached hydrogens (tertiary/aromatic N) is 2. The van der Waals surface area contributed by atoms with E-state index < -0.39 is 9.84 Å². The standard InChI is InChI=1S/C14H25N3O2S/c1-6-17(11(2)10-16(3)4)12-8-7-9-13(14(12)15)20(5,18)19/h7-9,11H,6,10,15H2,1-5H3. The van der Waals surface area contributed by atoms with Crippen molar-refractivity contribution in [3.8, 4) is 0 Å². The van der Waals surface area contributed by atoms with Gasteiger partial charge in [0.2, 0.25) is 0 Å². The molecule has 0 spiro atoms. The van der Waals surface area contributed by atoms with Crippen LogP contribution in [-0.2, 0) is 9.84 Å². The lowest BCUT2D eigenvalue weighted by atomic mass is 10.2. The van der Waals surface area contributed by atoms with Gasteiger partial charge in [-0.1, -0.05) is 6.07 Å². The highest BCUT2D eigenvalue weighted by Gasteiger charge is 2.20. The Kier molecular flexibility index (Phi) is 5.42. The van der Waals surface area contributed by atoms with Gasteiger partial charge in [0.1, 0.15) is 0 Å². The highest BCUT2D eigenvalue weighted by molar-refractivity contribution is 7.90. The molecule has 0 saturated carbocycles. The van der Waals surface area contributed by atoms with Crippen molar-refractivity contribution in [1.29, 1.82) is 0 Å². The summed E-state index contributed by atoms with van der Waals surface area (Å²) in [6.45, 7) is 5.79. The molecular weight excluding hydrogens is 274 g/mol. The zero-order chi connectivity index (χ0) is 15.5. The molecule has 0 aliphatic carbocycles. The smallest absolute Gasteiger partial charge is 0.177 e. The number of hydrogen-bond acceptors (Lipinski definition) is 5. The lowest BCUT2D eigenvalue weighted by Crippen LogP contribution is -2.40. The summed E-state index contributed by atoms with van der Waals surface area (Å²) in [6.07, 6.45) is 1.18. The number of benzene rings is 1. The molecule has 1 aromatic rings. The quantitative estimate of drug-likeness (QED) is 0.805. The van der Waals surface area contributed by atoms with Gasteiger partial charge in [-0.3, -0.25) is 0 Å². The first-order valence-electron chi connectivity index (χ1n) is 6.68. The molecule has 2 N–H and O–H groups in total. The van der Waals surface area contributed by atoms with Gasteiger partial charge in [0.15, 0.2) is 9.84 Å². The van der Waals surface area contributed by atoms with Gasteiger partial charge in [-0.2, -0.15) is 0 Å². The fourth-order valence-electron chi connectivity index (χ4n) is 2.45. The van der Waals surface area contributed by atoms with Crippen molar-refractivity contribution in [2.75, 3.05) is 44.1 Å². The van der Waals surface area contributed by atoms with Crippen molar-refractivity contribution in [3.63, 3.8) is 0 Å². The number of hydrogen-bond donors (Lipinski definition) is 1. The molecule has 0 saturated heterocycles. The Bertz CT molecular complexity index is 556. The molecule has 0 amide bonds. The van der Waals surface area contributed by atoms with Crippen molar-refractivity contribution in [1.82, 2.24) is 4.90 Å². The van der Waals surface area contributed by atoms with Crippen LogP contribution in [0.25, 0.3) is 0 Å². The van der Waals surface area contributed by atoms with Crippen LogP contribution >= 0.6 is 0 Å². The van der Waals surface area contributed by atoms with Gasteiger partial charge in [0, 0.05) is 25.4 Å². The van der Waals surface area contributed by atoms with Crippen LogP contribution in [0.5, 0.6) is 0 Å². The Labute approximate surface area is 122 Å². The summed E-state index contributed by atoms with van der Waals surface area (Å²) in [5.74, 6) is 0. The molecule has 0 fully saturated rings. The highest BCUT2D eigenvalue weighted by Crippen LogP contribution is 2.30. The van der Waals surface area contributed by atoms with Crippen LogP contribution in [0.3, 0.4) is 0 Å². The Morgan fingerprint density at radius 3 is 2.35 bits per heavy atom. The van der Waals surface area contributed by atoms with Crippen LogP contribution in [-0.4, -0.2) is 52.8 Å². The van der Waals surface area contributed by atoms with Gasteiger partial charge in [-0.05, 0) is 40.1 Å². The number of sulfone groups is 1. The van der Waals surface area contributed by atoms with Gasteiger partial charge in [0.05, 0.1) is 16.3 Å². The lowest BCUT2D eigenvalue weighted by Gasteiger charge is -2.33. The molecule has 1 unspecified atom stereocenters. The predicted octanol–water partition coefficient (Wildman–Crippen LogP) is 1.45. The predicted molar refractivity (Wildman–Crippen MR) is 85.0 cm³/mol. The zero-order valence-corrected chi connectivity index (χ0v) is 13.7. The second-order valence-electron chi connectivity index (χ2n) is 5.36. The van der Waals surface area contributed by atoms with Gasteiger partial charge >= 0.3 is 0 Å². The van der Waals surface area contributed by atoms with Crippen molar-refractivity contribution >= 4 is 21.2 Å². The number of likely N-dealkylation sites (N-methyl/N-ethyl adjacent to an activating group) is 2. The molecule has 1 atom stereocenters. The fourth-order valence-corrected chi connectivity index (χ4v) is 3.28. The number of anilines is 2. The minimum Gasteiger partial charge on any atom is -0.396 e. The van der Waals surface area contributed by atoms with E-state index in [1.54, 1.807) is 12.1 Å². The summed E-state index contributed by atoms with van der Waals surface area (Å²) >= 11 is 0. The van der Waals surface area contributed by atoms with Crippen LogP contribution in [0.15, 0.2) is 23.1 Å². The summed E-state index contributed by atoms with van der Waals surface area (Å²) in [6, 6.07) is 5.41. The van der Waals surface area contributed by atoms with Crippen LogP contribution in [0, 0.1) is 0 Å². The van der Waals surface area contributed by atoms with Gasteiger partial charge in [-0.15, -0.1) is 0 Å². The maximum absolute atomic E-state index is 11.8. The Hall–Kier alpha value is -1.27. The number of para-hydroxylation sites is 1. The average Bonchev–Trinajstić information content (AvgIpc) is 2.29. The maximum atomic E-state index is 11.8. The van der Waals surface area contributed by atoms with E-state index in [0.29, 0.717) is 5.69 Å². The van der Waals surface area contributed by atoms with Gasteiger partial charge in [0.25, 0.3) is 0 Å². The SMILES string of the molecule is CCN(c1cccc(S(C)(=O)=O)c1N)C(C)CN(C)C. The first-order chi connectivity index (χ1) is 9.18. The van der Waals surface area contributed by atoms with E-state index in [0.717, 1.165) is 18.8 Å². The van der Waals surface area contributed by atoms with Crippen molar-refractivity contribution in [2.24, 2.45) is 0 Å². The molecule has 0 aliphatic heterocycles. The van der Waals surface area contributed by atoms with Gasteiger partial charge < -0.3 is 15.5 Å². The monoisotopic (exact) mass is 299 g/mol. The van der Waals surface area contributed by atoms with Crippen LogP contribution in [0.4, 0.5) is 11.4 Å². The summed E-state index contributed by atoms with van der Waals surface area (Å²) in [5, 5.41) is 0. The van der Waals surface area contributed by atoms with E-state index in [1.165, 1.54) is 6.26 Å². The first kappa shape index (κ1) is 16.8. The summed E-state index contributed by atoms with van der Waals surface area (Å²) < 4.78 is 23.5. The number of nitrogens with two attached hydrogens (primary N) is 1. The molecule has 0 aliphatic rings. The molecule has 0 heterocycles. The van der Waals surface area contributed by atoms with Crippen LogP contribution < -0.4 is 10.6 Å². The van der Waals surface area contributed by atoms with E-state index >= 15 is 0 Å². The second kappa shape index (κ2) is 6.45. The lowest BCUT2D eigenvalue weighted by molar-refractivity contribution is 0.373. The van der Waals surface area contributed by atoms with E-state index in [2.05, 4.69) is 16.7 Å². The number of rotatable bonds is 6. The normalized spacial score (nSPS) is 13.5. The Balaban J connectivity index is 3.24. The Morgan fingerprint density at radius 2 is 1.90 bits per heavy atom. The maximum Gasteiger partial charge on any atom is 0.177 e. The Morgan fingerprint density at radius 1 is 1.30 bits per heavy atom. The molecule has 114 valence electrons. The summed E-state index contributed by atoms with van der Waals surface area (Å²) in [5.41, 5.74) is 7.20. The van der Waals surface area contributed by atoms with Gasteiger partial charge in [-0.25, -0.2) is 8.42 Å². The van der Waals surface area contributed by atoms with Crippen molar-refractivity contribution < 1.29 is 8.42 Å². The van der Waals surface area contributed by atoms with E-state index in [-0.39, 0.29) is 10.9 Å². The molecule has 0 bridgehead atoms. The van der Waals surface area contributed by atoms with E-state index in [4.69, 9.17) is 5.73 Å². The molecule has 0 aromatic heterocycles. The van der Waals surface area contributed by atoms with Crippen molar-refractivity contribution in [2.45, 2.75) is 24.8 Å². The van der Waals surface area contributed by atoms with E-state index in [1.807, 2.05) is 27.1 Å². The summed E-state index contributed by atoms with van der Waals surface area (Å²) in [4.78, 5) is 4.43. The molecule has 5 nitrogen and oxygen atoms in total. The zero-order valence-electron chi connectivity index (χ0n) is 12.9. The third-order valence-electron chi connectivity index (χ3n) is 3.25. The third-order valence-corrected chi connectivity index (χ3v) is 4.41. The molecule has 6 heteroatoms. The fraction of sp³-hybridized carbons (Fsp3) is 0.571. The number of nitrogen functional groups attached to an aromatic ring is 1. The first-order valence-corrected chi connectivity index (χ1v) is 8.57. The highest BCUT2D eigenvalue weighted by atomic mass is 32.2. The van der Waals surface area contributed by atoms with Crippen LogP contribution in [0.2, 0.25) is 0 Å². The molecule has 1 rings (SSSR count). The topological polar surface area (TPSA) is 66.6 Å². The minimum atomic E-state index is -3.31. The second-order valence-corrected chi connectivity index (χ2v) is 7.34. The van der Waals surface area contributed by atoms with Crippen molar-refractivity contribution in [3.05, 3.63) is 18.2 Å². The largest absolute Gasteiger partial charge is 0.396 e. The van der Waals surface area contributed by atoms with Crippen LogP contribution in [0.1, 0.15) is 13.8 Å². The third kappa shape index (κ3) is 3.86. The molecular formula is C14H25N3O2S. The minimum absolute atomic E-state index is 0.200.